The van der Waals surface area contributed by atoms with E-state index in [9.17, 15) is 13.6 Å². The lowest BCUT2D eigenvalue weighted by Gasteiger charge is -2.10. The zero-order valence-corrected chi connectivity index (χ0v) is 10.3. The first-order chi connectivity index (χ1) is 7.49. The fourth-order valence-electron chi connectivity index (χ4n) is 1.19. The van der Waals surface area contributed by atoms with Gasteiger partial charge in [-0.2, -0.15) is 0 Å². The number of carbonyl (C=O) groups is 1. The molecule has 0 amide bonds. The van der Waals surface area contributed by atoms with Crippen molar-refractivity contribution < 1.29 is 18.3 Å². The van der Waals surface area contributed by atoms with Crippen molar-refractivity contribution in [1.82, 2.24) is 4.98 Å². The van der Waals surface area contributed by atoms with Crippen LogP contribution in [0.15, 0.2) is 10.7 Å². The Morgan fingerprint density at radius 1 is 1.62 bits per heavy atom. The lowest BCUT2D eigenvalue weighted by molar-refractivity contribution is 0.0523. The molecule has 0 spiro atoms. The molecule has 1 aromatic heterocycles. The summed E-state index contributed by atoms with van der Waals surface area (Å²) < 4.78 is 29.9. The smallest absolute Gasteiger partial charge is 0.339 e. The summed E-state index contributed by atoms with van der Waals surface area (Å²) in [4.78, 5) is 15.1. The van der Waals surface area contributed by atoms with Crippen LogP contribution in [0.5, 0.6) is 0 Å². The van der Waals surface area contributed by atoms with E-state index in [0.717, 1.165) is 0 Å². The predicted octanol–water partition coefficient (Wildman–Crippen LogP) is 3.27. The number of aromatic nitrogens is 1. The number of aryl methyl sites for hydroxylation is 1. The van der Waals surface area contributed by atoms with Gasteiger partial charge in [0.05, 0.1) is 16.6 Å². The molecule has 0 saturated carbocycles. The van der Waals surface area contributed by atoms with Gasteiger partial charge in [-0.3, -0.25) is 4.98 Å². The molecular weight excluding hydrogens is 284 g/mol. The first-order valence-corrected chi connectivity index (χ1v) is 5.38. The third-order valence-corrected chi connectivity index (χ3v) is 2.72. The minimum absolute atomic E-state index is 0.000880. The number of rotatable bonds is 3. The molecule has 0 aliphatic rings. The summed E-state index contributed by atoms with van der Waals surface area (Å²) in [5, 5.41) is 0. The van der Waals surface area contributed by atoms with Crippen LogP contribution in [0.3, 0.4) is 0 Å². The maximum Gasteiger partial charge on any atom is 0.339 e. The molecule has 0 saturated heterocycles. The average Bonchev–Trinajstić information content (AvgIpc) is 2.17. The summed E-state index contributed by atoms with van der Waals surface area (Å²) >= 11 is 2.96. The molecule has 0 fully saturated rings. The molecule has 3 nitrogen and oxygen atoms in total. The summed E-state index contributed by atoms with van der Waals surface area (Å²) in [5.41, 5.74) is 0.149. The van der Waals surface area contributed by atoms with E-state index in [2.05, 4.69) is 20.9 Å². The maximum absolute atomic E-state index is 12.5. The van der Waals surface area contributed by atoms with E-state index in [1.54, 1.807) is 13.8 Å². The molecule has 88 valence electrons. The Bertz CT molecular complexity index is 410. The molecule has 0 unspecified atom stereocenters. The summed E-state index contributed by atoms with van der Waals surface area (Å²) in [7, 11) is 0. The predicted molar refractivity (Wildman–Crippen MR) is 57.6 cm³/mol. The molecule has 1 aromatic rings. The first kappa shape index (κ1) is 13.0. The lowest BCUT2D eigenvalue weighted by atomic mass is 10.1. The number of esters is 1. The molecule has 0 aromatic carbocycles. The standard InChI is InChI=1S/C10H10BrF2NO2/c1-3-16-10(15)6-5(2)4-14-8(7(6)11)9(12)13/h4,9H,3H2,1-2H3. The number of carbonyl (C=O) groups excluding carboxylic acids is 1. The number of ether oxygens (including phenoxy) is 1. The van der Waals surface area contributed by atoms with Crippen LogP contribution in [0.4, 0.5) is 8.78 Å². The van der Waals surface area contributed by atoms with E-state index in [0.29, 0.717) is 5.56 Å². The van der Waals surface area contributed by atoms with Crippen molar-refractivity contribution in [2.75, 3.05) is 6.61 Å². The van der Waals surface area contributed by atoms with Crippen LogP contribution in [-0.4, -0.2) is 17.6 Å². The Balaban J connectivity index is 3.26. The van der Waals surface area contributed by atoms with Crippen molar-refractivity contribution in [3.63, 3.8) is 0 Å². The number of nitrogens with zero attached hydrogens (tertiary/aromatic N) is 1. The normalized spacial score (nSPS) is 10.6. The number of pyridine rings is 1. The average molecular weight is 294 g/mol. The van der Waals surface area contributed by atoms with Gasteiger partial charge in [-0.05, 0) is 35.3 Å². The van der Waals surface area contributed by atoms with Crippen molar-refractivity contribution in [1.29, 1.82) is 0 Å². The molecule has 0 N–H and O–H groups in total. The van der Waals surface area contributed by atoms with Gasteiger partial charge in [-0.1, -0.05) is 0 Å². The van der Waals surface area contributed by atoms with Crippen LogP contribution in [0.1, 0.15) is 35.0 Å². The zero-order chi connectivity index (χ0) is 12.3. The highest BCUT2D eigenvalue weighted by Gasteiger charge is 2.22. The van der Waals surface area contributed by atoms with Gasteiger partial charge in [0, 0.05) is 6.20 Å². The highest BCUT2D eigenvalue weighted by Crippen LogP contribution is 2.30. The van der Waals surface area contributed by atoms with Crippen molar-refractivity contribution in [3.8, 4) is 0 Å². The van der Waals surface area contributed by atoms with Crippen LogP contribution in [0, 0.1) is 6.92 Å². The fourth-order valence-corrected chi connectivity index (χ4v) is 1.94. The molecular formula is C10H10BrF2NO2. The minimum Gasteiger partial charge on any atom is -0.462 e. The summed E-state index contributed by atoms with van der Waals surface area (Å²) in [6, 6.07) is 0. The molecule has 0 radical (unpaired) electrons. The zero-order valence-electron chi connectivity index (χ0n) is 8.76. The number of alkyl halides is 2. The van der Waals surface area contributed by atoms with Crippen molar-refractivity contribution in [2.45, 2.75) is 20.3 Å². The monoisotopic (exact) mass is 293 g/mol. The van der Waals surface area contributed by atoms with E-state index in [1.165, 1.54) is 6.20 Å². The van der Waals surface area contributed by atoms with E-state index in [4.69, 9.17) is 4.74 Å². The van der Waals surface area contributed by atoms with Crippen molar-refractivity contribution >= 4 is 21.9 Å². The van der Waals surface area contributed by atoms with Gasteiger partial charge < -0.3 is 4.74 Å². The van der Waals surface area contributed by atoms with Crippen LogP contribution >= 0.6 is 15.9 Å². The summed E-state index contributed by atoms with van der Waals surface area (Å²) in [5.74, 6) is -0.629. The fraction of sp³-hybridized carbons (Fsp3) is 0.400. The number of hydrogen-bond acceptors (Lipinski definition) is 3. The van der Waals surface area contributed by atoms with E-state index >= 15 is 0 Å². The van der Waals surface area contributed by atoms with Gasteiger partial charge >= 0.3 is 5.97 Å². The van der Waals surface area contributed by atoms with Crippen LogP contribution in [0.25, 0.3) is 0 Å². The molecule has 6 heteroatoms. The first-order valence-electron chi connectivity index (χ1n) is 4.59. The Hall–Kier alpha value is -1.04. The second kappa shape index (κ2) is 5.34. The maximum atomic E-state index is 12.5. The van der Waals surface area contributed by atoms with Gasteiger partial charge in [-0.15, -0.1) is 0 Å². The molecule has 0 aliphatic carbocycles. The second-order valence-electron chi connectivity index (χ2n) is 3.04. The topological polar surface area (TPSA) is 39.2 Å². The second-order valence-corrected chi connectivity index (χ2v) is 3.83. The third-order valence-electron chi connectivity index (χ3n) is 1.92. The third kappa shape index (κ3) is 2.55. The molecule has 0 atom stereocenters. The summed E-state index contributed by atoms with van der Waals surface area (Å²) in [6.07, 6.45) is -1.50. The Morgan fingerprint density at radius 2 is 2.25 bits per heavy atom. The molecule has 1 heterocycles. The largest absolute Gasteiger partial charge is 0.462 e. The molecule has 0 bridgehead atoms. The number of hydrogen-bond donors (Lipinski definition) is 0. The molecule has 0 aliphatic heterocycles. The highest BCUT2D eigenvalue weighted by atomic mass is 79.9. The minimum atomic E-state index is -2.73. The Kier molecular flexibility index (Phi) is 4.35. The van der Waals surface area contributed by atoms with Crippen molar-refractivity contribution in [3.05, 3.63) is 27.5 Å². The van der Waals surface area contributed by atoms with Crippen LogP contribution < -0.4 is 0 Å². The Morgan fingerprint density at radius 3 is 2.75 bits per heavy atom. The highest BCUT2D eigenvalue weighted by molar-refractivity contribution is 9.10. The van der Waals surface area contributed by atoms with E-state index < -0.39 is 18.1 Å². The van der Waals surface area contributed by atoms with Crippen molar-refractivity contribution in [2.24, 2.45) is 0 Å². The van der Waals surface area contributed by atoms with Gasteiger partial charge in [0.2, 0.25) is 0 Å². The van der Waals surface area contributed by atoms with Gasteiger partial charge in [0.15, 0.2) is 0 Å². The van der Waals surface area contributed by atoms with E-state index in [-0.39, 0.29) is 16.6 Å². The molecule has 1 rings (SSSR count). The van der Waals surface area contributed by atoms with Gasteiger partial charge in [0.25, 0.3) is 6.43 Å². The van der Waals surface area contributed by atoms with Crippen LogP contribution in [0.2, 0.25) is 0 Å². The van der Waals surface area contributed by atoms with Crippen LogP contribution in [-0.2, 0) is 4.74 Å². The Labute approximate surface area is 99.9 Å². The quantitative estimate of drug-likeness (QED) is 0.803. The van der Waals surface area contributed by atoms with Gasteiger partial charge in [0.1, 0.15) is 5.69 Å². The SMILES string of the molecule is CCOC(=O)c1c(C)cnc(C(F)F)c1Br. The summed E-state index contributed by atoms with van der Waals surface area (Å²) in [6.45, 7) is 3.45. The number of halogens is 3. The lowest BCUT2D eigenvalue weighted by Crippen LogP contribution is -2.10. The van der Waals surface area contributed by atoms with E-state index in [1.807, 2.05) is 0 Å². The van der Waals surface area contributed by atoms with Gasteiger partial charge in [-0.25, -0.2) is 13.6 Å². The molecule has 16 heavy (non-hydrogen) atoms.